The molecule has 2 rings (SSSR count). The molecule has 4 heteroatoms. The minimum atomic E-state index is -0.474. The molecule has 4 nitrogen and oxygen atoms in total. The van der Waals surface area contributed by atoms with Crippen molar-refractivity contribution >= 4 is 5.97 Å². The Balaban J connectivity index is 2.31. The van der Waals surface area contributed by atoms with E-state index in [1.54, 1.807) is 31.4 Å². The SMILES string of the molecule is COc1ccc(OC)c(C(=O)Oc2ccc(C)cc2C)c1. The summed E-state index contributed by atoms with van der Waals surface area (Å²) in [6.45, 7) is 3.89. The molecule has 0 amide bonds. The van der Waals surface area contributed by atoms with Gasteiger partial charge in [0.2, 0.25) is 0 Å². The maximum atomic E-state index is 12.3. The van der Waals surface area contributed by atoms with Gasteiger partial charge in [0.05, 0.1) is 14.2 Å². The van der Waals surface area contributed by atoms with Gasteiger partial charge in [-0.3, -0.25) is 0 Å². The minimum absolute atomic E-state index is 0.330. The zero-order valence-corrected chi connectivity index (χ0v) is 12.6. The van der Waals surface area contributed by atoms with Crippen LogP contribution in [0, 0.1) is 13.8 Å². The van der Waals surface area contributed by atoms with Crippen LogP contribution in [-0.4, -0.2) is 20.2 Å². The first-order chi connectivity index (χ1) is 10.0. The van der Waals surface area contributed by atoms with E-state index in [4.69, 9.17) is 14.2 Å². The van der Waals surface area contributed by atoms with Crippen LogP contribution in [0.2, 0.25) is 0 Å². The Bertz CT molecular complexity index is 662. The Morgan fingerprint density at radius 1 is 0.905 bits per heavy atom. The zero-order valence-electron chi connectivity index (χ0n) is 12.6. The second kappa shape index (κ2) is 6.31. The van der Waals surface area contributed by atoms with Gasteiger partial charge in [0.1, 0.15) is 22.8 Å². The van der Waals surface area contributed by atoms with E-state index in [-0.39, 0.29) is 0 Å². The Hall–Kier alpha value is -2.49. The molecule has 0 saturated heterocycles. The highest BCUT2D eigenvalue weighted by Crippen LogP contribution is 2.26. The zero-order chi connectivity index (χ0) is 15.4. The van der Waals surface area contributed by atoms with E-state index in [1.807, 2.05) is 26.0 Å². The molecule has 110 valence electrons. The van der Waals surface area contributed by atoms with Crippen molar-refractivity contribution < 1.29 is 19.0 Å². The molecule has 0 aromatic heterocycles. The summed E-state index contributed by atoms with van der Waals surface area (Å²) in [5.41, 5.74) is 2.35. The number of carbonyl (C=O) groups is 1. The second-order valence-corrected chi connectivity index (χ2v) is 4.72. The molecule has 0 bridgehead atoms. The fourth-order valence-electron chi connectivity index (χ4n) is 2.04. The molecule has 21 heavy (non-hydrogen) atoms. The predicted molar refractivity (Wildman–Crippen MR) is 80.4 cm³/mol. The Morgan fingerprint density at radius 2 is 1.62 bits per heavy atom. The highest BCUT2D eigenvalue weighted by molar-refractivity contribution is 5.94. The van der Waals surface area contributed by atoms with Gasteiger partial charge >= 0.3 is 5.97 Å². The van der Waals surface area contributed by atoms with E-state index in [0.717, 1.165) is 11.1 Å². The summed E-state index contributed by atoms with van der Waals surface area (Å²) in [5.74, 6) is 1.09. The minimum Gasteiger partial charge on any atom is -0.497 e. The quantitative estimate of drug-likeness (QED) is 0.637. The lowest BCUT2D eigenvalue weighted by molar-refractivity contribution is 0.0729. The van der Waals surface area contributed by atoms with Crippen molar-refractivity contribution in [2.75, 3.05) is 14.2 Å². The number of aryl methyl sites for hydroxylation is 2. The van der Waals surface area contributed by atoms with Crippen LogP contribution in [0.25, 0.3) is 0 Å². The molecule has 0 spiro atoms. The van der Waals surface area contributed by atoms with Gasteiger partial charge in [-0.2, -0.15) is 0 Å². The number of hydrogen-bond acceptors (Lipinski definition) is 4. The number of hydrogen-bond donors (Lipinski definition) is 0. The van der Waals surface area contributed by atoms with Crippen molar-refractivity contribution in [2.24, 2.45) is 0 Å². The number of benzene rings is 2. The number of carbonyl (C=O) groups excluding carboxylic acids is 1. The molecule has 2 aromatic rings. The summed E-state index contributed by atoms with van der Waals surface area (Å²) in [7, 11) is 3.05. The number of ether oxygens (including phenoxy) is 3. The lowest BCUT2D eigenvalue weighted by Crippen LogP contribution is -2.11. The topological polar surface area (TPSA) is 44.8 Å². The summed E-state index contributed by atoms with van der Waals surface area (Å²) in [6.07, 6.45) is 0. The van der Waals surface area contributed by atoms with Gasteiger partial charge in [-0.1, -0.05) is 17.7 Å². The molecule has 0 N–H and O–H groups in total. The average Bonchev–Trinajstić information content (AvgIpc) is 2.49. The molecule has 0 saturated carbocycles. The summed E-state index contributed by atoms with van der Waals surface area (Å²) in [5, 5.41) is 0. The van der Waals surface area contributed by atoms with Gasteiger partial charge in [0.15, 0.2) is 0 Å². The van der Waals surface area contributed by atoms with E-state index in [1.165, 1.54) is 7.11 Å². The van der Waals surface area contributed by atoms with E-state index in [0.29, 0.717) is 22.8 Å². The van der Waals surface area contributed by atoms with E-state index >= 15 is 0 Å². The maximum Gasteiger partial charge on any atom is 0.347 e. The third-order valence-corrected chi connectivity index (χ3v) is 3.16. The van der Waals surface area contributed by atoms with Gasteiger partial charge in [-0.05, 0) is 43.7 Å². The van der Waals surface area contributed by atoms with Crippen LogP contribution < -0.4 is 14.2 Å². The highest BCUT2D eigenvalue weighted by Gasteiger charge is 2.16. The predicted octanol–water partition coefficient (Wildman–Crippen LogP) is 3.54. The fourth-order valence-corrected chi connectivity index (χ4v) is 2.04. The van der Waals surface area contributed by atoms with Crippen LogP contribution in [0.3, 0.4) is 0 Å². The molecule has 0 aliphatic carbocycles. The summed E-state index contributed by atoms with van der Waals surface area (Å²) in [4.78, 5) is 12.3. The van der Waals surface area contributed by atoms with Crippen LogP contribution in [-0.2, 0) is 0 Å². The van der Waals surface area contributed by atoms with Gasteiger partial charge < -0.3 is 14.2 Å². The molecule has 0 heterocycles. The van der Waals surface area contributed by atoms with Crippen molar-refractivity contribution in [1.82, 2.24) is 0 Å². The van der Waals surface area contributed by atoms with Crippen LogP contribution in [0.15, 0.2) is 36.4 Å². The molecular formula is C17H18O4. The Labute approximate surface area is 124 Å². The van der Waals surface area contributed by atoms with Crippen molar-refractivity contribution in [2.45, 2.75) is 13.8 Å². The summed E-state index contributed by atoms with van der Waals surface area (Å²) >= 11 is 0. The van der Waals surface area contributed by atoms with E-state index < -0.39 is 5.97 Å². The lowest BCUT2D eigenvalue weighted by atomic mass is 10.1. The van der Waals surface area contributed by atoms with Crippen LogP contribution in [0.4, 0.5) is 0 Å². The van der Waals surface area contributed by atoms with E-state index in [9.17, 15) is 4.79 Å². The largest absolute Gasteiger partial charge is 0.497 e. The molecule has 0 radical (unpaired) electrons. The summed E-state index contributed by atoms with van der Waals surface area (Å²) < 4.78 is 15.8. The van der Waals surface area contributed by atoms with Crippen LogP contribution >= 0.6 is 0 Å². The smallest absolute Gasteiger partial charge is 0.347 e. The first-order valence-electron chi connectivity index (χ1n) is 6.56. The second-order valence-electron chi connectivity index (χ2n) is 4.72. The Kier molecular flexibility index (Phi) is 4.48. The molecular weight excluding hydrogens is 268 g/mol. The summed E-state index contributed by atoms with van der Waals surface area (Å²) in [6, 6.07) is 10.7. The standard InChI is InChI=1S/C17H18O4/c1-11-5-7-15(12(2)9-11)21-17(18)14-10-13(19-3)6-8-16(14)20-4/h5-10H,1-4H3. The number of esters is 1. The molecule has 0 fully saturated rings. The lowest BCUT2D eigenvalue weighted by Gasteiger charge is -2.11. The van der Waals surface area contributed by atoms with Crippen molar-refractivity contribution in [1.29, 1.82) is 0 Å². The van der Waals surface area contributed by atoms with Gasteiger partial charge in [-0.15, -0.1) is 0 Å². The first kappa shape index (κ1) is 14.9. The average molecular weight is 286 g/mol. The van der Waals surface area contributed by atoms with Crippen LogP contribution in [0.5, 0.6) is 17.2 Å². The molecule has 2 aromatic carbocycles. The van der Waals surface area contributed by atoms with Gasteiger partial charge in [0.25, 0.3) is 0 Å². The monoisotopic (exact) mass is 286 g/mol. The Morgan fingerprint density at radius 3 is 2.24 bits per heavy atom. The van der Waals surface area contributed by atoms with Crippen molar-refractivity contribution in [3.8, 4) is 17.2 Å². The van der Waals surface area contributed by atoms with Gasteiger partial charge in [-0.25, -0.2) is 4.79 Å². The molecule has 0 unspecified atom stereocenters. The molecule has 0 aliphatic rings. The van der Waals surface area contributed by atoms with E-state index in [2.05, 4.69) is 0 Å². The van der Waals surface area contributed by atoms with Crippen molar-refractivity contribution in [3.05, 3.63) is 53.1 Å². The van der Waals surface area contributed by atoms with Crippen LogP contribution in [0.1, 0.15) is 21.5 Å². The number of methoxy groups -OCH3 is 2. The fraction of sp³-hybridized carbons (Fsp3) is 0.235. The maximum absolute atomic E-state index is 12.3. The number of rotatable bonds is 4. The molecule has 0 atom stereocenters. The molecule has 0 aliphatic heterocycles. The third-order valence-electron chi connectivity index (χ3n) is 3.16. The normalized spacial score (nSPS) is 10.1. The first-order valence-corrected chi connectivity index (χ1v) is 6.56. The van der Waals surface area contributed by atoms with Gasteiger partial charge in [0, 0.05) is 0 Å². The van der Waals surface area contributed by atoms with Crippen molar-refractivity contribution in [3.63, 3.8) is 0 Å². The third kappa shape index (κ3) is 3.34. The highest BCUT2D eigenvalue weighted by atomic mass is 16.5.